The SMILES string of the molecule is CCc1ccc(O)c(CCCN2CCN(C)CC2)c1. The lowest BCUT2D eigenvalue weighted by Gasteiger charge is -2.32. The van der Waals surface area contributed by atoms with Gasteiger partial charge in [0.05, 0.1) is 0 Å². The van der Waals surface area contributed by atoms with Crippen LogP contribution < -0.4 is 0 Å². The summed E-state index contributed by atoms with van der Waals surface area (Å²) < 4.78 is 0. The van der Waals surface area contributed by atoms with Crippen LogP contribution in [0.25, 0.3) is 0 Å². The van der Waals surface area contributed by atoms with E-state index < -0.39 is 0 Å². The fourth-order valence-corrected chi connectivity index (χ4v) is 2.62. The predicted octanol–water partition coefficient (Wildman–Crippen LogP) is 2.13. The van der Waals surface area contributed by atoms with Crippen LogP contribution in [0.4, 0.5) is 0 Å². The van der Waals surface area contributed by atoms with E-state index in [9.17, 15) is 5.11 Å². The van der Waals surface area contributed by atoms with Gasteiger partial charge in [-0.15, -0.1) is 0 Å². The van der Waals surface area contributed by atoms with Gasteiger partial charge in [0.15, 0.2) is 0 Å². The largest absolute Gasteiger partial charge is 0.508 e. The lowest BCUT2D eigenvalue weighted by Crippen LogP contribution is -2.44. The molecule has 0 radical (unpaired) electrons. The fraction of sp³-hybridized carbons (Fsp3) is 0.625. The monoisotopic (exact) mass is 262 g/mol. The number of rotatable bonds is 5. The second-order valence-corrected chi connectivity index (χ2v) is 5.57. The van der Waals surface area contributed by atoms with Crippen molar-refractivity contribution in [3.63, 3.8) is 0 Å². The normalized spacial score (nSPS) is 17.8. The molecule has 0 atom stereocenters. The molecule has 0 aliphatic carbocycles. The van der Waals surface area contributed by atoms with E-state index in [0.717, 1.165) is 31.4 Å². The van der Waals surface area contributed by atoms with Crippen LogP contribution in [0, 0.1) is 0 Å². The third-order valence-corrected chi connectivity index (χ3v) is 4.07. The van der Waals surface area contributed by atoms with Crippen molar-refractivity contribution in [1.29, 1.82) is 0 Å². The molecule has 0 saturated carbocycles. The van der Waals surface area contributed by atoms with Gasteiger partial charge >= 0.3 is 0 Å². The molecule has 1 aromatic carbocycles. The molecule has 0 unspecified atom stereocenters. The lowest BCUT2D eigenvalue weighted by molar-refractivity contribution is 0.153. The van der Waals surface area contributed by atoms with Gasteiger partial charge in [-0.25, -0.2) is 0 Å². The smallest absolute Gasteiger partial charge is 0.118 e. The number of hydrogen-bond acceptors (Lipinski definition) is 3. The standard InChI is InChI=1S/C16H26N2O/c1-3-14-6-7-16(19)15(13-14)5-4-8-18-11-9-17(2)10-12-18/h6-7,13,19H,3-5,8-12H2,1-2H3. The highest BCUT2D eigenvalue weighted by Gasteiger charge is 2.13. The molecular weight excluding hydrogens is 236 g/mol. The van der Waals surface area contributed by atoms with Gasteiger partial charge in [-0.1, -0.05) is 19.1 Å². The third-order valence-electron chi connectivity index (χ3n) is 4.07. The van der Waals surface area contributed by atoms with Gasteiger partial charge in [-0.3, -0.25) is 0 Å². The van der Waals surface area contributed by atoms with Crippen LogP contribution in [0.3, 0.4) is 0 Å². The Morgan fingerprint density at radius 1 is 1.16 bits per heavy atom. The highest BCUT2D eigenvalue weighted by atomic mass is 16.3. The van der Waals surface area contributed by atoms with Crippen LogP contribution in [0.5, 0.6) is 5.75 Å². The number of aromatic hydroxyl groups is 1. The van der Waals surface area contributed by atoms with Crippen LogP contribution in [0.15, 0.2) is 18.2 Å². The second-order valence-electron chi connectivity index (χ2n) is 5.57. The van der Waals surface area contributed by atoms with Crippen molar-refractivity contribution in [2.75, 3.05) is 39.8 Å². The van der Waals surface area contributed by atoms with Gasteiger partial charge in [-0.2, -0.15) is 0 Å². The Kier molecular flexibility index (Phi) is 5.23. The van der Waals surface area contributed by atoms with E-state index in [1.54, 1.807) is 0 Å². The highest BCUT2D eigenvalue weighted by molar-refractivity contribution is 5.36. The van der Waals surface area contributed by atoms with Crippen molar-refractivity contribution in [3.8, 4) is 5.75 Å². The van der Waals surface area contributed by atoms with Crippen LogP contribution in [-0.2, 0) is 12.8 Å². The van der Waals surface area contributed by atoms with Crippen molar-refractivity contribution >= 4 is 0 Å². The van der Waals surface area contributed by atoms with Crippen molar-refractivity contribution in [3.05, 3.63) is 29.3 Å². The summed E-state index contributed by atoms with van der Waals surface area (Å²) >= 11 is 0. The number of piperazine rings is 1. The Morgan fingerprint density at radius 3 is 2.58 bits per heavy atom. The molecule has 0 amide bonds. The van der Waals surface area contributed by atoms with E-state index >= 15 is 0 Å². The van der Waals surface area contributed by atoms with Crippen molar-refractivity contribution in [2.24, 2.45) is 0 Å². The van der Waals surface area contributed by atoms with Gasteiger partial charge in [0.25, 0.3) is 0 Å². The maximum absolute atomic E-state index is 9.88. The molecule has 1 saturated heterocycles. The summed E-state index contributed by atoms with van der Waals surface area (Å²) in [5, 5.41) is 9.88. The fourth-order valence-electron chi connectivity index (χ4n) is 2.62. The van der Waals surface area contributed by atoms with Crippen LogP contribution in [0.1, 0.15) is 24.5 Å². The van der Waals surface area contributed by atoms with Crippen molar-refractivity contribution in [2.45, 2.75) is 26.2 Å². The molecule has 1 fully saturated rings. The zero-order valence-electron chi connectivity index (χ0n) is 12.2. The number of nitrogens with zero attached hydrogens (tertiary/aromatic N) is 2. The Bertz CT molecular complexity index is 398. The van der Waals surface area contributed by atoms with E-state index in [0.29, 0.717) is 5.75 Å². The van der Waals surface area contributed by atoms with Crippen molar-refractivity contribution < 1.29 is 5.11 Å². The van der Waals surface area contributed by atoms with E-state index in [2.05, 4.69) is 29.8 Å². The molecule has 106 valence electrons. The van der Waals surface area contributed by atoms with E-state index in [1.165, 1.54) is 31.7 Å². The number of likely N-dealkylation sites (N-methyl/N-ethyl adjacent to an activating group) is 1. The molecule has 19 heavy (non-hydrogen) atoms. The summed E-state index contributed by atoms with van der Waals surface area (Å²) in [6.07, 6.45) is 3.14. The molecule has 1 N–H and O–H groups in total. The Morgan fingerprint density at radius 2 is 1.89 bits per heavy atom. The molecule has 0 spiro atoms. The molecule has 3 nitrogen and oxygen atoms in total. The molecule has 1 heterocycles. The lowest BCUT2D eigenvalue weighted by atomic mass is 10.0. The first-order chi connectivity index (χ1) is 9.19. The predicted molar refractivity (Wildman–Crippen MR) is 79.7 cm³/mol. The maximum Gasteiger partial charge on any atom is 0.118 e. The Hall–Kier alpha value is -1.06. The molecular formula is C16H26N2O. The quantitative estimate of drug-likeness (QED) is 0.880. The number of phenols is 1. The Balaban J connectivity index is 1.79. The molecule has 0 aromatic heterocycles. The second kappa shape index (κ2) is 6.92. The first kappa shape index (κ1) is 14.4. The summed E-state index contributed by atoms with van der Waals surface area (Å²) in [6.45, 7) is 8.01. The zero-order chi connectivity index (χ0) is 13.7. The number of aryl methyl sites for hydroxylation is 2. The molecule has 1 aliphatic rings. The van der Waals surface area contributed by atoms with Gasteiger partial charge < -0.3 is 14.9 Å². The van der Waals surface area contributed by atoms with Gasteiger partial charge in [0.1, 0.15) is 5.75 Å². The summed E-state index contributed by atoms with van der Waals surface area (Å²) in [5.74, 6) is 0.454. The highest BCUT2D eigenvalue weighted by Crippen LogP contribution is 2.20. The number of hydrogen-bond donors (Lipinski definition) is 1. The molecule has 3 heteroatoms. The van der Waals surface area contributed by atoms with Gasteiger partial charge in [0.2, 0.25) is 0 Å². The van der Waals surface area contributed by atoms with Crippen LogP contribution >= 0.6 is 0 Å². The summed E-state index contributed by atoms with van der Waals surface area (Å²) in [5.41, 5.74) is 2.42. The summed E-state index contributed by atoms with van der Waals surface area (Å²) in [6, 6.07) is 6.00. The van der Waals surface area contributed by atoms with Gasteiger partial charge in [0, 0.05) is 26.2 Å². The molecule has 1 aliphatic heterocycles. The first-order valence-electron chi connectivity index (χ1n) is 7.40. The van der Waals surface area contributed by atoms with E-state index in [1.807, 2.05) is 12.1 Å². The van der Waals surface area contributed by atoms with Crippen LogP contribution in [0.2, 0.25) is 0 Å². The minimum absolute atomic E-state index is 0.454. The molecule has 1 aromatic rings. The van der Waals surface area contributed by atoms with Crippen LogP contribution in [-0.4, -0.2) is 54.7 Å². The van der Waals surface area contributed by atoms with Gasteiger partial charge in [-0.05, 0) is 50.0 Å². The first-order valence-corrected chi connectivity index (χ1v) is 7.40. The summed E-state index contributed by atoms with van der Waals surface area (Å²) in [4.78, 5) is 4.91. The summed E-state index contributed by atoms with van der Waals surface area (Å²) in [7, 11) is 2.19. The zero-order valence-corrected chi connectivity index (χ0v) is 12.2. The number of benzene rings is 1. The maximum atomic E-state index is 9.88. The Labute approximate surface area is 116 Å². The topological polar surface area (TPSA) is 26.7 Å². The minimum atomic E-state index is 0.454. The number of phenolic OH excluding ortho intramolecular Hbond substituents is 1. The van der Waals surface area contributed by atoms with E-state index in [-0.39, 0.29) is 0 Å². The minimum Gasteiger partial charge on any atom is -0.508 e. The van der Waals surface area contributed by atoms with Crippen molar-refractivity contribution in [1.82, 2.24) is 9.80 Å². The molecule has 0 bridgehead atoms. The van der Waals surface area contributed by atoms with E-state index in [4.69, 9.17) is 0 Å². The average molecular weight is 262 g/mol. The third kappa shape index (κ3) is 4.22. The average Bonchev–Trinajstić information content (AvgIpc) is 2.43. The molecule has 2 rings (SSSR count).